The highest BCUT2D eigenvalue weighted by Gasteiger charge is 2.21. The third-order valence-electron chi connectivity index (χ3n) is 6.77. The normalized spacial score (nSPS) is 10.4. The first-order chi connectivity index (χ1) is 22.1. The first-order valence-corrected chi connectivity index (χ1v) is 14.7. The van der Waals surface area contributed by atoms with Crippen LogP contribution in [0.25, 0.3) is 0 Å². The highest BCUT2D eigenvalue weighted by Crippen LogP contribution is 2.20. The van der Waals surface area contributed by atoms with Crippen LogP contribution in [-0.4, -0.2) is 65.4 Å². The Kier molecular flexibility index (Phi) is 11.8. The number of halogens is 2. The van der Waals surface area contributed by atoms with Gasteiger partial charge in [0.25, 0.3) is 29.5 Å². The van der Waals surface area contributed by atoms with Gasteiger partial charge in [0, 0.05) is 65.8 Å². The first kappa shape index (κ1) is 36.8. The molecule has 8 N–H and O–H groups in total. The minimum Gasteiger partial charge on any atom is -0.388 e. The van der Waals surface area contributed by atoms with Crippen LogP contribution in [0, 0.1) is 5.41 Å². The summed E-state index contributed by atoms with van der Waals surface area (Å²) in [4.78, 5) is 63.4. The summed E-state index contributed by atoms with van der Waals surface area (Å²) in [5.41, 5.74) is 7.31. The van der Waals surface area contributed by atoms with Crippen LogP contribution in [0.1, 0.15) is 48.4 Å². The number of carbonyl (C=O) groups is 5. The van der Waals surface area contributed by atoms with Crippen molar-refractivity contribution in [2.24, 2.45) is 33.9 Å². The Labute approximate surface area is 288 Å². The summed E-state index contributed by atoms with van der Waals surface area (Å²) in [7, 11) is 6.46. The number of hydrogen-bond acceptors (Lipinski definition) is 7. The van der Waals surface area contributed by atoms with E-state index in [1.54, 1.807) is 44.3 Å². The lowest BCUT2D eigenvalue weighted by molar-refractivity contribution is -0.112. The Hall–Kier alpha value is -5.62. The van der Waals surface area contributed by atoms with Gasteiger partial charge in [0.2, 0.25) is 0 Å². The van der Waals surface area contributed by atoms with E-state index >= 15 is 0 Å². The molecule has 0 saturated heterocycles. The number of amides is 5. The van der Waals surface area contributed by atoms with Gasteiger partial charge >= 0.3 is 0 Å². The van der Waals surface area contributed by atoms with E-state index < -0.39 is 23.6 Å². The fraction of sp³-hybridized carbons (Fsp3) is 0.207. The molecule has 254 valence electrons. The van der Waals surface area contributed by atoms with E-state index in [0.29, 0.717) is 22.8 Å². The van der Waals surface area contributed by atoms with Crippen molar-refractivity contribution in [2.75, 3.05) is 27.8 Å². The third-order valence-corrected chi connectivity index (χ3v) is 7.13. The quantitative estimate of drug-likeness (QED) is 0.0651. The molecular formula is C29H34BrClN12O5. The highest BCUT2D eigenvalue weighted by molar-refractivity contribution is 9.12. The third kappa shape index (κ3) is 8.80. The van der Waals surface area contributed by atoms with Gasteiger partial charge in [0.15, 0.2) is 5.82 Å². The number of nitrogens with zero attached hydrogens (tertiary/aromatic N) is 5. The van der Waals surface area contributed by atoms with Crippen molar-refractivity contribution in [1.82, 2.24) is 28.8 Å². The summed E-state index contributed by atoms with van der Waals surface area (Å²) in [5.74, 6) is -2.30. The molecule has 19 heteroatoms. The minimum atomic E-state index is -0.541. The summed E-state index contributed by atoms with van der Waals surface area (Å²) in [6.45, 7) is 3.71. The lowest BCUT2D eigenvalue weighted by Gasteiger charge is -2.04. The predicted molar refractivity (Wildman–Crippen MR) is 186 cm³/mol. The van der Waals surface area contributed by atoms with Gasteiger partial charge in [-0.25, -0.2) is 0 Å². The highest BCUT2D eigenvalue weighted by atomic mass is 79.9. The molecule has 17 nitrogen and oxygen atoms in total. The number of hydrogen-bond donors (Lipinski definition) is 7. The summed E-state index contributed by atoms with van der Waals surface area (Å²) < 4.78 is 6.04. The molecule has 4 aromatic rings. The van der Waals surface area contributed by atoms with Crippen LogP contribution in [0.15, 0.2) is 53.9 Å². The van der Waals surface area contributed by atoms with Crippen molar-refractivity contribution in [2.45, 2.75) is 6.42 Å². The Bertz CT molecular complexity index is 1930. The van der Waals surface area contributed by atoms with Crippen LogP contribution in [-0.2, 0) is 33.0 Å². The maximum atomic E-state index is 13.1. The smallest absolute Gasteiger partial charge is 0.274 e. The summed E-state index contributed by atoms with van der Waals surface area (Å²) in [5, 5.41) is 24.8. The number of nitrogens with one attached hydrogen (secondary N) is 6. The first-order valence-electron chi connectivity index (χ1n) is 13.9. The molecular weight excluding hydrogens is 712 g/mol. The van der Waals surface area contributed by atoms with E-state index in [-0.39, 0.29) is 64.5 Å². The Morgan fingerprint density at radius 2 is 1.19 bits per heavy atom. The van der Waals surface area contributed by atoms with Crippen molar-refractivity contribution in [3.63, 3.8) is 0 Å². The van der Waals surface area contributed by atoms with Crippen LogP contribution >= 0.6 is 28.3 Å². The molecule has 0 aliphatic carbocycles. The average Bonchev–Trinajstić information content (AvgIpc) is 3.73. The second-order valence-corrected chi connectivity index (χ2v) is 11.4. The molecule has 0 fully saturated rings. The average molecular weight is 746 g/mol. The number of aromatic nitrogens is 5. The maximum absolute atomic E-state index is 13.1. The zero-order valence-corrected chi connectivity index (χ0v) is 28.7. The SMILES string of the molecule is C=C(Br)C(=O)Nc1cc(C(=O)Nc2cc(C(=O)Nc3cc(C(=O)Nc4cc(C(=O)NCCC(=N)N)n(C)c4)n(C)c3)n(C)n2)n(C)c1.Cl. The fourth-order valence-corrected chi connectivity index (χ4v) is 4.59. The zero-order chi connectivity index (χ0) is 34.6. The van der Waals surface area contributed by atoms with E-state index in [1.807, 2.05) is 0 Å². The molecule has 0 aliphatic heterocycles. The minimum absolute atomic E-state index is 0. The van der Waals surface area contributed by atoms with Gasteiger partial charge in [0.05, 0.1) is 27.4 Å². The summed E-state index contributed by atoms with van der Waals surface area (Å²) in [6.07, 6.45) is 4.92. The van der Waals surface area contributed by atoms with E-state index in [4.69, 9.17) is 11.1 Å². The van der Waals surface area contributed by atoms with Gasteiger partial charge in [-0.1, -0.05) is 6.58 Å². The van der Waals surface area contributed by atoms with Gasteiger partial charge < -0.3 is 46.0 Å². The van der Waals surface area contributed by atoms with Crippen molar-refractivity contribution in [3.8, 4) is 0 Å². The number of anilines is 4. The molecule has 4 rings (SSSR count). The molecule has 0 saturated carbocycles. The van der Waals surface area contributed by atoms with Gasteiger partial charge in [-0.2, -0.15) is 5.10 Å². The largest absolute Gasteiger partial charge is 0.388 e. The Morgan fingerprint density at radius 1 is 0.750 bits per heavy atom. The van der Waals surface area contributed by atoms with Crippen LogP contribution in [0.4, 0.5) is 22.9 Å². The van der Waals surface area contributed by atoms with E-state index in [9.17, 15) is 24.0 Å². The lowest BCUT2D eigenvalue weighted by atomic mass is 10.3. The molecule has 0 aliphatic rings. The van der Waals surface area contributed by atoms with Crippen LogP contribution in [0.3, 0.4) is 0 Å². The second-order valence-electron chi connectivity index (χ2n) is 10.5. The van der Waals surface area contributed by atoms with Crippen LogP contribution in [0.2, 0.25) is 0 Å². The Balaban J connectivity index is 0.00000625. The zero-order valence-electron chi connectivity index (χ0n) is 26.3. The number of carbonyl (C=O) groups excluding carboxylic acids is 5. The Morgan fingerprint density at radius 3 is 1.67 bits per heavy atom. The maximum Gasteiger partial charge on any atom is 0.274 e. The molecule has 0 atom stereocenters. The molecule has 0 aromatic carbocycles. The van der Waals surface area contributed by atoms with Crippen molar-refractivity contribution in [1.29, 1.82) is 5.41 Å². The van der Waals surface area contributed by atoms with Gasteiger partial charge in [0.1, 0.15) is 22.8 Å². The molecule has 5 amide bonds. The number of nitrogens with two attached hydrogens (primary N) is 1. The summed E-state index contributed by atoms with van der Waals surface area (Å²) >= 11 is 3.00. The number of amidine groups is 1. The van der Waals surface area contributed by atoms with E-state index in [0.717, 1.165) is 0 Å². The molecule has 4 heterocycles. The van der Waals surface area contributed by atoms with E-state index in [2.05, 4.69) is 54.2 Å². The number of rotatable bonds is 12. The van der Waals surface area contributed by atoms with Crippen LogP contribution < -0.4 is 32.3 Å². The van der Waals surface area contributed by atoms with Crippen molar-refractivity contribution >= 4 is 86.6 Å². The monoisotopic (exact) mass is 744 g/mol. The number of aryl methyl sites for hydroxylation is 4. The molecule has 0 spiro atoms. The molecule has 48 heavy (non-hydrogen) atoms. The molecule has 0 bridgehead atoms. The topological polar surface area (TPSA) is 228 Å². The molecule has 0 radical (unpaired) electrons. The summed E-state index contributed by atoms with van der Waals surface area (Å²) in [6, 6.07) is 5.88. The van der Waals surface area contributed by atoms with Crippen molar-refractivity contribution in [3.05, 3.63) is 76.7 Å². The molecule has 0 unspecified atom stereocenters. The molecule has 4 aromatic heterocycles. The van der Waals surface area contributed by atoms with Gasteiger partial charge in [-0.3, -0.25) is 34.1 Å². The predicted octanol–water partition coefficient (Wildman–Crippen LogP) is 2.52. The second kappa shape index (κ2) is 15.3. The van der Waals surface area contributed by atoms with Gasteiger partial charge in [-0.15, -0.1) is 12.4 Å². The van der Waals surface area contributed by atoms with Crippen molar-refractivity contribution < 1.29 is 24.0 Å². The van der Waals surface area contributed by atoms with Gasteiger partial charge in [-0.05, 0) is 34.1 Å². The van der Waals surface area contributed by atoms with E-state index in [1.165, 1.54) is 45.1 Å². The lowest BCUT2D eigenvalue weighted by Crippen LogP contribution is -2.28. The van der Waals surface area contributed by atoms with Crippen LogP contribution in [0.5, 0.6) is 0 Å². The fourth-order valence-electron chi connectivity index (χ4n) is 4.49. The standard InChI is InChI=1S/C29H33BrN12O5.ClH/c1-15(30)25(43)34-16-9-21(41(4)12-16)28(46)37-24-11-22(42(5)38-24)29(47)36-18-10-20(40(3)14-18)27(45)35-17-8-19(39(2)13-17)26(44)33-7-6-23(31)32;/h8-14H,1,6-7H2,2-5H3,(H3,31,32)(H,33,44)(H,34,43)(H,35,45)(H,36,47)(H,37,38,46);1H.